The van der Waals surface area contributed by atoms with E-state index in [1.54, 1.807) is 19.1 Å². The molecule has 27 heavy (non-hydrogen) atoms. The van der Waals surface area contributed by atoms with Crippen molar-refractivity contribution >= 4 is 24.5 Å². The van der Waals surface area contributed by atoms with Gasteiger partial charge >= 0.3 is 13.1 Å². The van der Waals surface area contributed by atoms with Gasteiger partial charge in [-0.15, -0.1) is 0 Å². The first-order chi connectivity index (χ1) is 13.0. The lowest BCUT2D eigenvalue weighted by Crippen LogP contribution is -2.45. The molecule has 2 aliphatic heterocycles. The fraction of sp³-hybridized carbons (Fsp3) is 0.556. The Morgan fingerprint density at radius 1 is 1.44 bits per heavy atom. The molecule has 146 valence electrons. The predicted octanol–water partition coefficient (Wildman–Crippen LogP) is -0.794. The highest BCUT2D eigenvalue weighted by Gasteiger charge is 2.31. The van der Waals surface area contributed by atoms with Crippen molar-refractivity contribution in [3.8, 4) is 0 Å². The van der Waals surface area contributed by atoms with E-state index in [9.17, 15) is 14.6 Å². The van der Waals surface area contributed by atoms with E-state index in [4.69, 9.17) is 14.1 Å². The van der Waals surface area contributed by atoms with Crippen molar-refractivity contribution in [2.45, 2.75) is 26.5 Å². The second-order valence-electron chi connectivity index (χ2n) is 6.84. The molecule has 0 saturated carbocycles. The van der Waals surface area contributed by atoms with E-state index in [1.165, 1.54) is 0 Å². The van der Waals surface area contributed by atoms with Crippen molar-refractivity contribution < 1.29 is 28.7 Å². The number of morpholine rings is 1. The Morgan fingerprint density at radius 3 is 3.04 bits per heavy atom. The molecule has 1 aromatic rings. The van der Waals surface area contributed by atoms with Gasteiger partial charge in [-0.3, -0.25) is 14.5 Å². The fourth-order valence-electron chi connectivity index (χ4n) is 3.42. The van der Waals surface area contributed by atoms with Crippen LogP contribution in [0.25, 0.3) is 0 Å². The molecule has 3 rings (SSSR count). The van der Waals surface area contributed by atoms with Crippen LogP contribution in [0.2, 0.25) is 0 Å². The smallest absolute Gasteiger partial charge is 0.463 e. The van der Waals surface area contributed by atoms with E-state index in [0.29, 0.717) is 49.0 Å². The van der Waals surface area contributed by atoms with Crippen LogP contribution in [0, 0.1) is 6.92 Å². The number of esters is 1. The lowest BCUT2D eigenvalue weighted by molar-refractivity contribution is -0.143. The molecule has 0 aromatic heterocycles. The fourth-order valence-corrected chi connectivity index (χ4v) is 3.42. The van der Waals surface area contributed by atoms with E-state index < -0.39 is 13.1 Å². The first-order valence-corrected chi connectivity index (χ1v) is 9.15. The van der Waals surface area contributed by atoms with Gasteiger partial charge in [0.2, 0.25) is 0 Å². The summed E-state index contributed by atoms with van der Waals surface area (Å²) in [7, 11) is -1.01. The molecule has 1 saturated heterocycles. The first kappa shape index (κ1) is 19.8. The Morgan fingerprint density at radius 2 is 2.26 bits per heavy atom. The maximum Gasteiger partial charge on any atom is 0.492 e. The van der Waals surface area contributed by atoms with Gasteiger partial charge in [0.05, 0.1) is 19.8 Å². The average molecular weight is 376 g/mol. The minimum absolute atomic E-state index is 0.201. The molecule has 0 aliphatic carbocycles. The van der Waals surface area contributed by atoms with Crippen LogP contribution >= 0.6 is 0 Å². The van der Waals surface area contributed by atoms with Gasteiger partial charge in [0, 0.05) is 24.7 Å². The molecule has 0 spiro atoms. The van der Waals surface area contributed by atoms with Crippen molar-refractivity contribution in [3.63, 3.8) is 0 Å². The van der Waals surface area contributed by atoms with E-state index in [2.05, 4.69) is 17.1 Å². The number of fused-ring (bicyclic) bond motifs is 1. The van der Waals surface area contributed by atoms with Crippen LogP contribution in [0.15, 0.2) is 12.1 Å². The van der Waals surface area contributed by atoms with Crippen LogP contribution in [0.5, 0.6) is 0 Å². The molecule has 1 fully saturated rings. The van der Waals surface area contributed by atoms with E-state index in [-0.39, 0.29) is 19.1 Å². The van der Waals surface area contributed by atoms with Crippen LogP contribution in [0.3, 0.4) is 0 Å². The van der Waals surface area contributed by atoms with Crippen molar-refractivity contribution in [1.82, 2.24) is 10.2 Å². The molecule has 9 heteroatoms. The minimum Gasteiger partial charge on any atom is -0.463 e. The van der Waals surface area contributed by atoms with Crippen molar-refractivity contribution in [2.24, 2.45) is 0 Å². The summed E-state index contributed by atoms with van der Waals surface area (Å²) in [5, 5.41) is 12.4. The molecule has 2 aliphatic rings. The molecule has 1 unspecified atom stereocenters. The van der Waals surface area contributed by atoms with Gasteiger partial charge in [-0.05, 0) is 36.5 Å². The topological polar surface area (TPSA) is 97.3 Å². The SMILES string of the molecule is Cc1c(C(=O)NCC(=O)OCCN2CCOCC2C)ccc2c1B(O)OC2. The quantitative estimate of drug-likeness (QED) is 0.496. The maximum absolute atomic E-state index is 12.4. The summed E-state index contributed by atoms with van der Waals surface area (Å²) in [5.41, 5.74) is 2.57. The Kier molecular flexibility index (Phi) is 6.48. The summed E-state index contributed by atoms with van der Waals surface area (Å²) in [5.74, 6) is -0.861. The first-order valence-electron chi connectivity index (χ1n) is 9.15. The highest BCUT2D eigenvalue weighted by atomic mass is 16.5. The Labute approximate surface area is 158 Å². The zero-order valence-electron chi connectivity index (χ0n) is 15.7. The molecule has 0 bridgehead atoms. The average Bonchev–Trinajstić information content (AvgIpc) is 3.03. The van der Waals surface area contributed by atoms with Crippen molar-refractivity contribution in [2.75, 3.05) is 39.5 Å². The lowest BCUT2D eigenvalue weighted by atomic mass is 9.75. The van der Waals surface area contributed by atoms with Crippen LogP contribution < -0.4 is 10.8 Å². The molecule has 2 heterocycles. The number of carbonyl (C=O) groups is 2. The molecule has 1 amide bonds. The zero-order chi connectivity index (χ0) is 19.4. The summed E-state index contributed by atoms with van der Waals surface area (Å²) in [6.07, 6.45) is 0. The largest absolute Gasteiger partial charge is 0.492 e. The number of benzene rings is 1. The third-order valence-electron chi connectivity index (χ3n) is 5.03. The van der Waals surface area contributed by atoms with Gasteiger partial charge in [-0.1, -0.05) is 6.07 Å². The van der Waals surface area contributed by atoms with Crippen LogP contribution in [0.1, 0.15) is 28.4 Å². The normalized spacial score (nSPS) is 19.7. The van der Waals surface area contributed by atoms with Gasteiger partial charge < -0.3 is 24.5 Å². The number of hydrogen-bond acceptors (Lipinski definition) is 7. The van der Waals surface area contributed by atoms with Crippen LogP contribution in [0.4, 0.5) is 0 Å². The second-order valence-corrected chi connectivity index (χ2v) is 6.84. The number of carbonyl (C=O) groups excluding carboxylic acids is 2. The van der Waals surface area contributed by atoms with Crippen LogP contribution in [-0.4, -0.2) is 74.4 Å². The standard InChI is InChI=1S/C18H25BN2O6/c1-12-10-25-7-5-21(12)6-8-26-16(22)9-20-18(23)15-4-3-14-11-27-19(24)17(14)13(15)2/h3-4,12,24H,5-11H2,1-2H3,(H,20,23). The van der Waals surface area contributed by atoms with Crippen molar-refractivity contribution in [1.29, 1.82) is 0 Å². The van der Waals surface area contributed by atoms with E-state index in [0.717, 1.165) is 12.1 Å². The third kappa shape index (κ3) is 4.67. The van der Waals surface area contributed by atoms with Gasteiger partial charge in [0.25, 0.3) is 5.91 Å². The molecule has 2 N–H and O–H groups in total. The van der Waals surface area contributed by atoms with Gasteiger partial charge in [-0.25, -0.2) is 0 Å². The predicted molar refractivity (Wildman–Crippen MR) is 98.7 cm³/mol. The number of nitrogens with zero attached hydrogens (tertiary/aromatic N) is 1. The Hall–Kier alpha value is -1.94. The number of nitrogens with one attached hydrogen (secondary N) is 1. The highest BCUT2D eigenvalue weighted by Crippen LogP contribution is 2.16. The number of ether oxygens (including phenoxy) is 2. The summed E-state index contributed by atoms with van der Waals surface area (Å²) in [4.78, 5) is 26.5. The van der Waals surface area contributed by atoms with Gasteiger partial charge in [-0.2, -0.15) is 0 Å². The monoisotopic (exact) mass is 376 g/mol. The maximum atomic E-state index is 12.4. The third-order valence-corrected chi connectivity index (χ3v) is 5.03. The molecule has 1 aromatic carbocycles. The molecule has 8 nitrogen and oxygen atoms in total. The highest BCUT2D eigenvalue weighted by molar-refractivity contribution is 6.62. The molecular formula is C18H25BN2O6. The van der Waals surface area contributed by atoms with E-state index >= 15 is 0 Å². The Bertz CT molecular complexity index is 713. The van der Waals surface area contributed by atoms with Gasteiger partial charge in [0.15, 0.2) is 0 Å². The summed E-state index contributed by atoms with van der Waals surface area (Å²) in [6.45, 7) is 7.07. The number of amides is 1. The zero-order valence-corrected chi connectivity index (χ0v) is 15.7. The number of hydrogen-bond donors (Lipinski definition) is 2. The Balaban J connectivity index is 1.45. The molecule has 0 radical (unpaired) electrons. The van der Waals surface area contributed by atoms with Crippen LogP contribution in [-0.2, 0) is 25.5 Å². The number of rotatable bonds is 6. The minimum atomic E-state index is -1.01. The molecular weight excluding hydrogens is 351 g/mol. The van der Waals surface area contributed by atoms with E-state index in [1.807, 2.05) is 0 Å². The summed E-state index contributed by atoms with van der Waals surface area (Å²) >= 11 is 0. The molecule has 1 atom stereocenters. The van der Waals surface area contributed by atoms with Crippen molar-refractivity contribution in [3.05, 3.63) is 28.8 Å². The summed E-state index contributed by atoms with van der Waals surface area (Å²) < 4.78 is 15.8. The second kappa shape index (κ2) is 8.84. The van der Waals surface area contributed by atoms with Gasteiger partial charge in [0.1, 0.15) is 13.2 Å². The lowest BCUT2D eigenvalue weighted by Gasteiger charge is -2.32. The summed E-state index contributed by atoms with van der Waals surface area (Å²) in [6, 6.07) is 3.74.